The molecule has 0 spiro atoms. The number of hydrogen-bond donors (Lipinski definition) is 0. The molecule has 0 bridgehead atoms. The summed E-state index contributed by atoms with van der Waals surface area (Å²) in [6, 6.07) is 0. The Morgan fingerprint density at radius 2 is 0.412 bits per heavy atom. The molecule has 17 heteroatoms. The molecule has 0 aromatic carbocycles. The van der Waals surface area contributed by atoms with Crippen molar-refractivity contribution >= 4 is 0 Å². The second kappa shape index (κ2) is 12.9. The fourth-order valence-electron chi connectivity index (χ4n) is 0. The first-order valence-corrected chi connectivity index (χ1v) is 11.8. The van der Waals surface area contributed by atoms with E-state index in [1.165, 1.54) is 0 Å². The monoisotopic (exact) mass is 691 g/mol. The first-order chi connectivity index (χ1) is 6.00. The molecular weight excluding hydrogens is 686 g/mol. The van der Waals surface area contributed by atoms with Gasteiger partial charge in [-0.2, -0.15) is 0 Å². The molecule has 0 aliphatic rings. The molecule has 0 saturated carbocycles. The third-order valence-corrected chi connectivity index (χ3v) is 0. The zero-order valence-electron chi connectivity index (χ0n) is 6.79. The predicted molar refractivity (Wildman–Crippen MR) is 4.12 cm³/mol. The standard InChI is InChI=1S/3Mo.12O.2Rh/q;;;;;;;;;6*-1;2*+3. The van der Waals surface area contributed by atoms with Crippen molar-refractivity contribution in [3.8, 4) is 0 Å². The van der Waals surface area contributed by atoms with Gasteiger partial charge in [-0.05, 0) is 0 Å². The van der Waals surface area contributed by atoms with Crippen molar-refractivity contribution in [2.24, 2.45) is 0 Å². The maximum absolute atomic E-state index is 8.63. The van der Waals surface area contributed by atoms with Gasteiger partial charge in [0.25, 0.3) is 0 Å². The molecule has 0 rings (SSSR count). The van der Waals surface area contributed by atoms with Crippen molar-refractivity contribution in [1.29, 1.82) is 0 Å². The second-order valence-corrected chi connectivity index (χ2v) is 7.25. The van der Waals surface area contributed by atoms with Crippen LogP contribution in [0, 0.1) is 0 Å². The third kappa shape index (κ3) is 1290. The van der Waals surface area contributed by atoms with Crippen LogP contribution >= 0.6 is 0 Å². The minimum absolute atomic E-state index is 0. The zero-order chi connectivity index (χ0) is 13.5. The van der Waals surface area contributed by atoms with Gasteiger partial charge in [0.2, 0.25) is 0 Å². The first-order valence-electron chi connectivity index (χ1n) is 2.00. The van der Waals surface area contributed by atoms with Crippen LogP contribution in [0.4, 0.5) is 0 Å². The van der Waals surface area contributed by atoms with E-state index in [2.05, 4.69) is 0 Å². The Labute approximate surface area is 130 Å². The van der Waals surface area contributed by atoms with Crippen molar-refractivity contribution in [3.05, 3.63) is 0 Å². The molecule has 0 unspecified atom stereocenters. The summed E-state index contributed by atoms with van der Waals surface area (Å²) < 4.78 is 104. The maximum Gasteiger partial charge on any atom is 3.00 e. The summed E-state index contributed by atoms with van der Waals surface area (Å²) in [6.45, 7) is 0. The van der Waals surface area contributed by atoms with E-state index in [0.717, 1.165) is 0 Å². The van der Waals surface area contributed by atoms with Crippen molar-refractivity contribution in [2.75, 3.05) is 0 Å². The molecule has 0 aromatic heterocycles. The van der Waals surface area contributed by atoms with Crippen LogP contribution < -0.4 is 22.6 Å². The van der Waals surface area contributed by atoms with E-state index < -0.39 is 50.2 Å². The first kappa shape index (κ1) is 31.3. The van der Waals surface area contributed by atoms with E-state index in [1.807, 2.05) is 0 Å². The van der Waals surface area contributed by atoms with Gasteiger partial charge >= 0.3 is 132 Å². The van der Waals surface area contributed by atoms with Crippen LogP contribution in [-0.4, -0.2) is 0 Å². The Hall–Kier alpha value is 1.87. The molecule has 0 aliphatic carbocycles. The van der Waals surface area contributed by atoms with E-state index in [-0.39, 0.29) is 39.0 Å². The Morgan fingerprint density at radius 1 is 0.412 bits per heavy atom. The second-order valence-electron chi connectivity index (χ2n) is 1.22. The normalized spacial score (nSPS) is 10.2. The van der Waals surface area contributed by atoms with E-state index in [9.17, 15) is 0 Å². The number of hydrogen-bond acceptors (Lipinski definition) is 12. The molecule has 108 valence electrons. The third-order valence-electron chi connectivity index (χ3n) is 0. The summed E-state index contributed by atoms with van der Waals surface area (Å²) in [5, 5.41) is 0. The fraction of sp³-hybridized carbons (Fsp3) is 0. The molecule has 0 heterocycles. The minimum Gasteiger partial charge on any atom is 3.00 e. The molecule has 0 saturated heterocycles. The summed E-state index contributed by atoms with van der Waals surface area (Å²) in [5.41, 5.74) is 0. The topological polar surface area (TPSA) is 241 Å². The average molecular weight is 686 g/mol. The summed E-state index contributed by atoms with van der Waals surface area (Å²) in [4.78, 5) is 0. The van der Waals surface area contributed by atoms with Gasteiger partial charge in [0.1, 0.15) is 0 Å². The van der Waals surface area contributed by atoms with Crippen LogP contribution in [0.15, 0.2) is 0 Å². The molecule has 0 radical (unpaired) electrons. The van der Waals surface area contributed by atoms with Gasteiger partial charge in [-0.1, -0.05) is 0 Å². The van der Waals surface area contributed by atoms with Crippen LogP contribution in [0.2, 0.25) is 0 Å². The Morgan fingerprint density at radius 3 is 0.412 bits per heavy atom. The molecule has 12 nitrogen and oxygen atoms in total. The van der Waals surface area contributed by atoms with E-state index >= 15 is 0 Å². The molecule has 17 heavy (non-hydrogen) atoms. The van der Waals surface area contributed by atoms with Gasteiger partial charge in [0, 0.05) is 0 Å². The molecule has 0 atom stereocenters. The molecule has 0 aliphatic heterocycles. The summed E-state index contributed by atoms with van der Waals surface area (Å²) in [7, 11) is 0. The minimum atomic E-state index is -6.02. The molecule has 0 fully saturated rings. The smallest absolute Gasteiger partial charge is 3.00 e. The quantitative estimate of drug-likeness (QED) is 0.216. The summed E-state index contributed by atoms with van der Waals surface area (Å²) in [5.74, 6) is 0. The van der Waals surface area contributed by atoms with E-state index in [1.54, 1.807) is 0 Å². The molecule has 0 amide bonds. The van der Waals surface area contributed by atoms with Gasteiger partial charge in [-0.3, -0.25) is 0 Å². The van der Waals surface area contributed by atoms with Crippen molar-refractivity contribution in [3.63, 3.8) is 0 Å². The summed E-state index contributed by atoms with van der Waals surface area (Å²) in [6.07, 6.45) is 0. The van der Waals surface area contributed by atoms with Crippen LogP contribution in [-0.2, 0) is 110 Å². The fourth-order valence-corrected chi connectivity index (χ4v) is 0. The molecular formula is Mo3O12Rh2. The van der Waals surface area contributed by atoms with Gasteiger partial charge in [-0.25, -0.2) is 0 Å². The van der Waals surface area contributed by atoms with E-state index in [0.29, 0.717) is 0 Å². The SMILES string of the molecule is [O]=[Mo](=[O])([O-])[O-].[O]=[Mo](=[O])([O-])[O-].[O]=[Mo](=[O])([O-])[O-].[Rh+3].[Rh+3]. The Balaban J connectivity index is -0.0000000400. The Bertz CT molecular complexity index is 341. The van der Waals surface area contributed by atoms with Gasteiger partial charge in [0.05, 0.1) is 0 Å². The van der Waals surface area contributed by atoms with Crippen LogP contribution in [0.5, 0.6) is 0 Å². The maximum atomic E-state index is 8.63. The van der Waals surface area contributed by atoms with Gasteiger partial charge in [-0.15, -0.1) is 0 Å². The zero-order valence-corrected chi connectivity index (χ0v) is 16.1. The van der Waals surface area contributed by atoms with Crippen molar-refractivity contribution in [1.82, 2.24) is 0 Å². The average Bonchev–Trinajstić information content (AvgIpc) is 1.41. The number of rotatable bonds is 0. The van der Waals surface area contributed by atoms with Crippen molar-refractivity contribution in [2.45, 2.75) is 0 Å². The molecule has 0 N–H and O–H groups in total. The van der Waals surface area contributed by atoms with Crippen LogP contribution in [0.3, 0.4) is 0 Å². The largest absolute Gasteiger partial charge is 3.00 e. The summed E-state index contributed by atoms with van der Waals surface area (Å²) >= 11 is -18.1. The van der Waals surface area contributed by atoms with Crippen molar-refractivity contribution < 1.29 is 132 Å². The van der Waals surface area contributed by atoms with Crippen LogP contribution in [0.25, 0.3) is 0 Å². The van der Waals surface area contributed by atoms with Gasteiger partial charge in [0.15, 0.2) is 0 Å². The molecule has 0 aromatic rings. The predicted octanol–water partition coefficient (Wildman–Crippen LogP) is -7.86. The van der Waals surface area contributed by atoms with Gasteiger partial charge < -0.3 is 0 Å². The Kier molecular flexibility index (Phi) is 23.7. The van der Waals surface area contributed by atoms with Crippen LogP contribution in [0.1, 0.15) is 0 Å². The van der Waals surface area contributed by atoms with E-state index in [4.69, 9.17) is 42.9 Å².